The Labute approximate surface area is 106 Å². The van der Waals surface area contributed by atoms with Gasteiger partial charge >= 0.3 is 0 Å². The average molecular weight is 247 g/mol. The van der Waals surface area contributed by atoms with Crippen molar-refractivity contribution in [1.29, 1.82) is 0 Å². The molecule has 17 heavy (non-hydrogen) atoms. The Balaban J connectivity index is 3.72. The normalized spacial score (nSPS) is 13.2. The minimum Gasteiger partial charge on any atom is -0.378 e. The summed E-state index contributed by atoms with van der Waals surface area (Å²) in [6.07, 6.45) is 4.60. The van der Waals surface area contributed by atoms with Gasteiger partial charge in [0.05, 0.1) is 0 Å². The first-order valence-corrected chi connectivity index (χ1v) is 6.83. The average Bonchev–Trinajstić information content (AvgIpc) is 2.36. The van der Waals surface area contributed by atoms with Crippen LogP contribution in [0.1, 0.15) is 52.9 Å². The third-order valence-corrected chi connectivity index (χ3v) is 2.59. The number of nitrogens with zero attached hydrogens (tertiary/aromatic N) is 1. The van der Waals surface area contributed by atoms with E-state index in [-0.39, 0.29) is 0 Å². The fourth-order valence-corrected chi connectivity index (χ4v) is 1.32. The second-order valence-corrected chi connectivity index (χ2v) is 4.26. The molecule has 0 aromatic heterocycles. The van der Waals surface area contributed by atoms with Gasteiger partial charge in [0.25, 0.3) is 0 Å². The summed E-state index contributed by atoms with van der Waals surface area (Å²) in [6, 6.07) is 0. The Morgan fingerprint density at radius 3 is 1.76 bits per heavy atom. The largest absolute Gasteiger partial charge is 0.378 e. The Bertz CT molecular complexity index is 144. The number of aliphatic hydroxyl groups is 1. The molecular weight excluding hydrogens is 218 g/mol. The van der Waals surface area contributed by atoms with Crippen molar-refractivity contribution in [3.63, 3.8) is 0 Å². The second-order valence-electron chi connectivity index (χ2n) is 4.26. The summed E-state index contributed by atoms with van der Waals surface area (Å²) >= 11 is 0. The Kier molecular flexibility index (Phi) is 12.2. The molecule has 0 aromatic rings. The van der Waals surface area contributed by atoms with E-state index in [0.717, 1.165) is 38.9 Å². The van der Waals surface area contributed by atoms with Crippen LogP contribution in [0.3, 0.4) is 0 Å². The molecule has 1 N–H and O–H groups in total. The molecule has 0 aliphatic rings. The van der Waals surface area contributed by atoms with Crippen LogP contribution in [0.2, 0.25) is 0 Å². The smallest absolute Gasteiger partial charge is 0.110 e. The minimum absolute atomic E-state index is 0.446. The molecule has 104 valence electrons. The van der Waals surface area contributed by atoms with Crippen molar-refractivity contribution in [2.24, 2.45) is 0 Å². The van der Waals surface area contributed by atoms with Crippen molar-refractivity contribution in [2.75, 3.05) is 26.7 Å². The van der Waals surface area contributed by atoms with E-state index in [2.05, 4.69) is 13.8 Å². The van der Waals surface area contributed by atoms with Crippen LogP contribution in [0.15, 0.2) is 0 Å². The lowest BCUT2D eigenvalue weighted by Gasteiger charge is -2.26. The van der Waals surface area contributed by atoms with Gasteiger partial charge in [0.2, 0.25) is 0 Å². The number of unbranched alkanes of at least 4 members (excludes halogenated alkanes) is 2. The number of hydrogen-bond donors (Lipinski definition) is 1. The molecule has 4 heteroatoms. The Hall–Kier alpha value is -0.160. The maximum atomic E-state index is 9.80. The second kappa shape index (κ2) is 12.3. The number of hydrogen-bond acceptors (Lipinski definition) is 4. The number of aliphatic hydroxyl groups excluding tert-OH is 1. The van der Waals surface area contributed by atoms with Gasteiger partial charge < -0.3 is 14.6 Å². The summed E-state index contributed by atoms with van der Waals surface area (Å²) in [5.41, 5.74) is 0. The minimum atomic E-state index is -0.474. The highest BCUT2D eigenvalue weighted by Gasteiger charge is 2.13. The van der Waals surface area contributed by atoms with Crippen LogP contribution >= 0.6 is 0 Å². The maximum absolute atomic E-state index is 9.80. The fraction of sp³-hybridized carbons (Fsp3) is 1.00. The SMILES string of the molecule is CCCCOCN(COCCCC)C(O)CC. The molecule has 0 fully saturated rings. The van der Waals surface area contributed by atoms with Gasteiger partial charge in [-0.05, 0) is 19.3 Å². The molecule has 0 rings (SSSR count). The monoisotopic (exact) mass is 247 g/mol. The third-order valence-electron chi connectivity index (χ3n) is 2.59. The van der Waals surface area contributed by atoms with Crippen molar-refractivity contribution in [1.82, 2.24) is 4.90 Å². The van der Waals surface area contributed by atoms with Crippen LogP contribution in [0, 0.1) is 0 Å². The van der Waals surface area contributed by atoms with Gasteiger partial charge in [-0.15, -0.1) is 0 Å². The topological polar surface area (TPSA) is 41.9 Å². The van der Waals surface area contributed by atoms with E-state index < -0.39 is 6.23 Å². The zero-order valence-corrected chi connectivity index (χ0v) is 11.7. The molecule has 1 unspecified atom stereocenters. The first-order valence-electron chi connectivity index (χ1n) is 6.83. The molecule has 0 aliphatic carbocycles. The van der Waals surface area contributed by atoms with Crippen LogP contribution in [0.25, 0.3) is 0 Å². The summed E-state index contributed by atoms with van der Waals surface area (Å²) in [6.45, 7) is 8.61. The summed E-state index contributed by atoms with van der Waals surface area (Å²) in [5.74, 6) is 0. The first-order chi connectivity index (χ1) is 8.26. The molecule has 0 aliphatic heterocycles. The summed E-state index contributed by atoms with van der Waals surface area (Å²) in [4.78, 5) is 1.82. The fourth-order valence-electron chi connectivity index (χ4n) is 1.32. The molecule has 1 atom stereocenters. The van der Waals surface area contributed by atoms with Gasteiger partial charge in [0.15, 0.2) is 0 Å². The highest BCUT2D eigenvalue weighted by Crippen LogP contribution is 2.02. The lowest BCUT2D eigenvalue weighted by Crippen LogP contribution is -2.38. The summed E-state index contributed by atoms with van der Waals surface area (Å²) < 4.78 is 11.0. The van der Waals surface area contributed by atoms with Crippen LogP contribution < -0.4 is 0 Å². The van der Waals surface area contributed by atoms with E-state index in [1.54, 1.807) is 0 Å². The van der Waals surface area contributed by atoms with E-state index in [0.29, 0.717) is 19.9 Å². The summed E-state index contributed by atoms with van der Waals surface area (Å²) in [5, 5.41) is 9.80. The van der Waals surface area contributed by atoms with E-state index in [1.807, 2.05) is 11.8 Å². The van der Waals surface area contributed by atoms with E-state index in [4.69, 9.17) is 9.47 Å². The third kappa shape index (κ3) is 9.53. The van der Waals surface area contributed by atoms with Gasteiger partial charge in [-0.1, -0.05) is 33.6 Å². The Morgan fingerprint density at radius 1 is 0.941 bits per heavy atom. The molecule has 0 saturated heterocycles. The molecule has 0 saturated carbocycles. The lowest BCUT2D eigenvalue weighted by molar-refractivity contribution is -0.125. The van der Waals surface area contributed by atoms with Crippen LogP contribution in [0.4, 0.5) is 0 Å². The van der Waals surface area contributed by atoms with Crippen molar-refractivity contribution < 1.29 is 14.6 Å². The van der Waals surface area contributed by atoms with Crippen molar-refractivity contribution in [3.05, 3.63) is 0 Å². The van der Waals surface area contributed by atoms with Crippen molar-refractivity contribution in [2.45, 2.75) is 59.1 Å². The molecule has 0 radical (unpaired) electrons. The van der Waals surface area contributed by atoms with E-state index in [1.165, 1.54) is 0 Å². The standard InChI is InChI=1S/C13H29NO3/c1-4-7-9-16-11-14(13(15)6-3)12-17-10-8-5-2/h13,15H,4-12H2,1-3H3. The first kappa shape index (κ1) is 16.8. The lowest BCUT2D eigenvalue weighted by atomic mass is 10.4. The number of rotatable bonds is 12. The van der Waals surface area contributed by atoms with Gasteiger partial charge in [-0.2, -0.15) is 0 Å². The van der Waals surface area contributed by atoms with Gasteiger partial charge in [-0.25, -0.2) is 4.90 Å². The molecule has 0 spiro atoms. The molecular formula is C13H29NO3. The van der Waals surface area contributed by atoms with Crippen LogP contribution in [0.5, 0.6) is 0 Å². The zero-order chi connectivity index (χ0) is 12.9. The van der Waals surface area contributed by atoms with Crippen molar-refractivity contribution in [3.8, 4) is 0 Å². The predicted molar refractivity (Wildman–Crippen MR) is 69.6 cm³/mol. The highest BCUT2D eigenvalue weighted by molar-refractivity contribution is 4.52. The molecule has 0 amide bonds. The quantitative estimate of drug-likeness (QED) is 0.425. The highest BCUT2D eigenvalue weighted by atomic mass is 16.5. The molecule has 0 aromatic carbocycles. The molecule has 0 bridgehead atoms. The Morgan fingerprint density at radius 2 is 1.41 bits per heavy atom. The number of ether oxygens (including phenoxy) is 2. The zero-order valence-electron chi connectivity index (χ0n) is 11.7. The summed E-state index contributed by atoms with van der Waals surface area (Å²) in [7, 11) is 0. The van der Waals surface area contributed by atoms with Crippen LogP contribution in [-0.2, 0) is 9.47 Å². The van der Waals surface area contributed by atoms with E-state index >= 15 is 0 Å². The van der Waals surface area contributed by atoms with Crippen LogP contribution in [-0.4, -0.2) is 42.9 Å². The molecule has 0 heterocycles. The van der Waals surface area contributed by atoms with Crippen molar-refractivity contribution >= 4 is 0 Å². The van der Waals surface area contributed by atoms with Gasteiger partial charge in [0, 0.05) is 13.2 Å². The van der Waals surface area contributed by atoms with E-state index in [9.17, 15) is 5.11 Å². The maximum Gasteiger partial charge on any atom is 0.110 e. The predicted octanol–water partition coefficient (Wildman–Crippen LogP) is 2.57. The van der Waals surface area contributed by atoms with Gasteiger partial charge in [-0.3, -0.25) is 0 Å². The molecule has 4 nitrogen and oxygen atoms in total. The van der Waals surface area contributed by atoms with Gasteiger partial charge in [0.1, 0.15) is 19.7 Å².